The van der Waals surface area contributed by atoms with Crippen LogP contribution in [0.25, 0.3) is 0 Å². The molecule has 0 aliphatic carbocycles. The molecule has 0 atom stereocenters. The number of aromatic amines is 1. The predicted octanol–water partition coefficient (Wildman–Crippen LogP) is 2.32. The number of carbonyl (C=O) groups is 1. The van der Waals surface area contributed by atoms with Gasteiger partial charge in [-0.2, -0.15) is 5.10 Å². The van der Waals surface area contributed by atoms with E-state index in [1.807, 2.05) is 13.8 Å². The van der Waals surface area contributed by atoms with Crippen molar-refractivity contribution < 1.29 is 9.18 Å². The molecule has 0 fully saturated rings. The molecule has 0 unspecified atom stereocenters. The highest BCUT2D eigenvalue weighted by Crippen LogP contribution is 2.15. The van der Waals surface area contributed by atoms with E-state index < -0.39 is 11.7 Å². The van der Waals surface area contributed by atoms with Crippen molar-refractivity contribution in [2.45, 2.75) is 19.8 Å². The van der Waals surface area contributed by atoms with Gasteiger partial charge in [0.25, 0.3) is 5.91 Å². The topological polar surface area (TPSA) is 70.7 Å². The Hall–Kier alpha value is -2.24. The van der Waals surface area contributed by atoms with Crippen molar-refractivity contribution in [3.63, 3.8) is 0 Å². The van der Waals surface area contributed by atoms with E-state index in [1.54, 1.807) is 6.07 Å². The Morgan fingerprint density at radius 1 is 1.50 bits per heavy atom. The van der Waals surface area contributed by atoms with E-state index in [4.69, 9.17) is 0 Å². The largest absolute Gasteiger partial charge is 0.305 e. The first-order valence-corrected chi connectivity index (χ1v) is 5.54. The predicted molar refractivity (Wildman–Crippen MR) is 64.8 cm³/mol. The Morgan fingerprint density at radius 3 is 2.89 bits per heavy atom. The fourth-order valence-electron chi connectivity index (χ4n) is 1.44. The highest BCUT2D eigenvalue weighted by atomic mass is 19.1. The Kier molecular flexibility index (Phi) is 3.36. The molecule has 94 valence electrons. The fraction of sp³-hybridized carbons (Fsp3) is 0.250. The lowest BCUT2D eigenvalue weighted by atomic mass is 10.1. The number of carbonyl (C=O) groups excluding carboxylic acids is 1. The molecule has 0 aliphatic heterocycles. The smallest absolute Gasteiger partial charge is 0.259 e. The van der Waals surface area contributed by atoms with Gasteiger partial charge in [-0.05, 0) is 12.0 Å². The summed E-state index contributed by atoms with van der Waals surface area (Å²) in [6.07, 6.45) is 2.36. The van der Waals surface area contributed by atoms with Gasteiger partial charge in [0.1, 0.15) is 0 Å². The van der Waals surface area contributed by atoms with Gasteiger partial charge in [0.2, 0.25) is 0 Å². The van der Waals surface area contributed by atoms with E-state index in [0.717, 1.165) is 11.9 Å². The number of H-pyrrole nitrogens is 1. The minimum absolute atomic E-state index is 0.0564. The standard InChI is InChI=1S/C12H13FN4O/c1-7(2)10-5-11(17-16-10)15-12(18)8-3-4-14-6-9(8)13/h3-7H,1-2H3,(H2,15,16,17,18). The van der Waals surface area contributed by atoms with Crippen molar-refractivity contribution in [2.24, 2.45) is 0 Å². The third-order valence-corrected chi connectivity index (χ3v) is 2.48. The van der Waals surface area contributed by atoms with Crippen LogP contribution in [0.4, 0.5) is 10.2 Å². The molecule has 2 aromatic rings. The molecular formula is C12H13FN4O. The number of pyridine rings is 1. The SMILES string of the molecule is CC(C)c1cc(NC(=O)c2ccncc2F)n[nH]1. The summed E-state index contributed by atoms with van der Waals surface area (Å²) in [5, 5.41) is 9.27. The van der Waals surface area contributed by atoms with Crippen molar-refractivity contribution in [1.82, 2.24) is 15.2 Å². The summed E-state index contributed by atoms with van der Waals surface area (Å²) in [6.45, 7) is 4.00. The summed E-state index contributed by atoms with van der Waals surface area (Å²) < 4.78 is 13.3. The first-order chi connectivity index (χ1) is 8.58. The minimum Gasteiger partial charge on any atom is -0.305 e. The van der Waals surface area contributed by atoms with Crippen LogP contribution in [-0.2, 0) is 0 Å². The van der Waals surface area contributed by atoms with Gasteiger partial charge in [-0.15, -0.1) is 0 Å². The summed E-state index contributed by atoms with van der Waals surface area (Å²) in [6, 6.07) is 3.04. The molecule has 1 amide bonds. The normalized spacial score (nSPS) is 10.7. The minimum atomic E-state index is -0.658. The molecule has 2 N–H and O–H groups in total. The zero-order chi connectivity index (χ0) is 13.1. The van der Waals surface area contributed by atoms with Gasteiger partial charge in [-0.3, -0.25) is 14.9 Å². The Labute approximate surface area is 103 Å². The molecule has 2 aromatic heterocycles. The lowest BCUT2D eigenvalue weighted by molar-refractivity contribution is 0.102. The van der Waals surface area contributed by atoms with Gasteiger partial charge in [0.05, 0.1) is 11.8 Å². The Morgan fingerprint density at radius 2 is 2.28 bits per heavy atom. The van der Waals surface area contributed by atoms with Crippen molar-refractivity contribution in [3.8, 4) is 0 Å². The summed E-state index contributed by atoms with van der Waals surface area (Å²) in [7, 11) is 0. The van der Waals surface area contributed by atoms with E-state index in [9.17, 15) is 9.18 Å². The second-order valence-electron chi connectivity index (χ2n) is 4.17. The highest BCUT2D eigenvalue weighted by molar-refractivity contribution is 6.03. The number of halogens is 1. The maximum absolute atomic E-state index is 13.3. The second-order valence-corrected chi connectivity index (χ2v) is 4.17. The average Bonchev–Trinajstić information content (AvgIpc) is 2.78. The van der Waals surface area contributed by atoms with Crippen molar-refractivity contribution >= 4 is 11.7 Å². The number of nitrogens with one attached hydrogen (secondary N) is 2. The van der Waals surface area contributed by atoms with E-state index in [1.165, 1.54) is 12.3 Å². The van der Waals surface area contributed by atoms with Crippen LogP contribution in [0.15, 0.2) is 24.5 Å². The number of nitrogens with zero attached hydrogens (tertiary/aromatic N) is 2. The molecule has 0 saturated carbocycles. The van der Waals surface area contributed by atoms with E-state index in [0.29, 0.717) is 5.82 Å². The third-order valence-electron chi connectivity index (χ3n) is 2.48. The monoisotopic (exact) mass is 248 g/mol. The molecule has 2 heterocycles. The lowest BCUT2D eigenvalue weighted by Gasteiger charge is -2.02. The molecule has 2 rings (SSSR count). The molecule has 0 radical (unpaired) electrons. The van der Waals surface area contributed by atoms with Crippen molar-refractivity contribution in [3.05, 3.63) is 41.6 Å². The Bertz CT molecular complexity index is 565. The zero-order valence-corrected chi connectivity index (χ0v) is 10.1. The lowest BCUT2D eigenvalue weighted by Crippen LogP contribution is -2.14. The zero-order valence-electron chi connectivity index (χ0n) is 10.1. The van der Waals surface area contributed by atoms with Crippen LogP contribution in [0.1, 0.15) is 35.8 Å². The van der Waals surface area contributed by atoms with Crippen LogP contribution in [-0.4, -0.2) is 21.1 Å². The van der Waals surface area contributed by atoms with Crippen molar-refractivity contribution in [1.29, 1.82) is 0 Å². The average molecular weight is 248 g/mol. The molecular weight excluding hydrogens is 235 g/mol. The number of hydrogen-bond acceptors (Lipinski definition) is 3. The summed E-state index contributed by atoms with van der Waals surface area (Å²) in [4.78, 5) is 15.4. The molecule has 18 heavy (non-hydrogen) atoms. The summed E-state index contributed by atoms with van der Waals surface area (Å²) in [5.41, 5.74) is 0.847. The molecule has 0 aliphatic rings. The van der Waals surface area contributed by atoms with Crippen LogP contribution in [0, 0.1) is 5.82 Å². The highest BCUT2D eigenvalue weighted by Gasteiger charge is 2.13. The molecule has 0 spiro atoms. The molecule has 0 aromatic carbocycles. The van der Waals surface area contributed by atoms with Crippen LogP contribution in [0.2, 0.25) is 0 Å². The van der Waals surface area contributed by atoms with Gasteiger partial charge in [-0.25, -0.2) is 4.39 Å². The molecule has 0 bridgehead atoms. The third kappa shape index (κ3) is 2.53. The van der Waals surface area contributed by atoms with Gasteiger partial charge in [-0.1, -0.05) is 13.8 Å². The van der Waals surface area contributed by atoms with Gasteiger partial charge >= 0.3 is 0 Å². The van der Waals surface area contributed by atoms with E-state index in [-0.39, 0.29) is 11.5 Å². The first kappa shape index (κ1) is 12.2. The van der Waals surface area contributed by atoms with Crippen LogP contribution in [0.3, 0.4) is 0 Å². The molecule has 6 heteroatoms. The first-order valence-electron chi connectivity index (χ1n) is 5.54. The number of hydrogen-bond donors (Lipinski definition) is 2. The number of aromatic nitrogens is 3. The van der Waals surface area contributed by atoms with Crippen LogP contribution in [0.5, 0.6) is 0 Å². The van der Waals surface area contributed by atoms with Crippen LogP contribution >= 0.6 is 0 Å². The number of anilines is 1. The number of amides is 1. The van der Waals surface area contributed by atoms with E-state index >= 15 is 0 Å². The van der Waals surface area contributed by atoms with Crippen LogP contribution < -0.4 is 5.32 Å². The number of rotatable bonds is 3. The van der Waals surface area contributed by atoms with Gasteiger partial charge in [0.15, 0.2) is 11.6 Å². The summed E-state index contributed by atoms with van der Waals surface area (Å²) in [5.74, 6) is -0.549. The summed E-state index contributed by atoms with van der Waals surface area (Å²) >= 11 is 0. The van der Waals surface area contributed by atoms with Crippen molar-refractivity contribution in [2.75, 3.05) is 5.32 Å². The fourth-order valence-corrected chi connectivity index (χ4v) is 1.44. The molecule has 0 saturated heterocycles. The Balaban J connectivity index is 2.14. The van der Waals surface area contributed by atoms with Gasteiger partial charge in [0, 0.05) is 18.0 Å². The quantitative estimate of drug-likeness (QED) is 0.875. The van der Waals surface area contributed by atoms with Gasteiger partial charge < -0.3 is 5.32 Å². The molecule has 5 nitrogen and oxygen atoms in total. The maximum Gasteiger partial charge on any atom is 0.259 e. The van der Waals surface area contributed by atoms with E-state index in [2.05, 4.69) is 20.5 Å². The second kappa shape index (κ2) is 4.95. The maximum atomic E-state index is 13.3.